The highest BCUT2D eigenvalue weighted by molar-refractivity contribution is 9.10. The Labute approximate surface area is 120 Å². The molecule has 0 radical (unpaired) electrons. The van der Waals surface area contributed by atoms with E-state index in [1.807, 2.05) is 12.1 Å². The Bertz CT molecular complexity index is 759. The lowest BCUT2D eigenvalue weighted by atomic mass is 10.00. The van der Waals surface area contributed by atoms with Crippen molar-refractivity contribution in [3.05, 3.63) is 34.4 Å². The second kappa shape index (κ2) is 4.45. The van der Waals surface area contributed by atoms with Crippen LogP contribution >= 0.6 is 15.9 Å². The van der Waals surface area contributed by atoms with Crippen LogP contribution in [0.3, 0.4) is 0 Å². The SMILES string of the molecule is CC(C)(C(=O)c1c[nH]c2ccc(Br)cc12)S(C)(=O)=O. The summed E-state index contributed by atoms with van der Waals surface area (Å²) in [6, 6.07) is 5.50. The third-order valence-corrected chi connectivity index (χ3v) is 5.89. The van der Waals surface area contributed by atoms with Gasteiger partial charge in [-0.15, -0.1) is 0 Å². The van der Waals surface area contributed by atoms with Gasteiger partial charge < -0.3 is 4.98 Å². The van der Waals surface area contributed by atoms with Crippen molar-refractivity contribution in [3.8, 4) is 0 Å². The number of H-pyrrole nitrogens is 1. The fourth-order valence-corrected chi connectivity index (χ4v) is 2.58. The molecule has 0 saturated heterocycles. The maximum absolute atomic E-state index is 12.5. The molecule has 0 aliphatic carbocycles. The molecule has 0 amide bonds. The Morgan fingerprint density at radius 2 is 1.95 bits per heavy atom. The minimum atomic E-state index is -3.48. The van der Waals surface area contributed by atoms with Crippen LogP contribution in [-0.4, -0.2) is 30.2 Å². The molecule has 1 heterocycles. The van der Waals surface area contributed by atoms with Gasteiger partial charge >= 0.3 is 0 Å². The minimum Gasteiger partial charge on any atom is -0.360 e. The standard InChI is InChI=1S/C13H14BrNO3S/c1-13(2,19(3,17)18)12(16)10-7-15-11-5-4-8(14)6-9(10)11/h4-7,15H,1-3H3. The van der Waals surface area contributed by atoms with Gasteiger partial charge in [0.15, 0.2) is 15.6 Å². The molecule has 0 fully saturated rings. The normalized spacial score (nSPS) is 12.8. The molecule has 0 aliphatic heterocycles. The van der Waals surface area contributed by atoms with Gasteiger partial charge in [0.05, 0.1) is 0 Å². The van der Waals surface area contributed by atoms with Crippen LogP contribution in [-0.2, 0) is 9.84 Å². The Kier molecular flexibility index (Phi) is 3.35. The van der Waals surface area contributed by atoms with E-state index in [0.717, 1.165) is 21.6 Å². The quantitative estimate of drug-likeness (QED) is 0.871. The van der Waals surface area contributed by atoms with E-state index in [2.05, 4.69) is 20.9 Å². The van der Waals surface area contributed by atoms with Gasteiger partial charge in [-0.25, -0.2) is 8.42 Å². The topological polar surface area (TPSA) is 67.0 Å². The molecule has 1 aromatic carbocycles. The first-order valence-electron chi connectivity index (χ1n) is 5.65. The van der Waals surface area contributed by atoms with Gasteiger partial charge in [0.25, 0.3) is 0 Å². The van der Waals surface area contributed by atoms with Crippen molar-refractivity contribution in [2.24, 2.45) is 0 Å². The molecule has 0 unspecified atom stereocenters. The van der Waals surface area contributed by atoms with Crippen molar-refractivity contribution < 1.29 is 13.2 Å². The number of nitrogens with one attached hydrogen (secondary N) is 1. The number of sulfone groups is 1. The molecule has 6 heteroatoms. The Morgan fingerprint density at radius 3 is 2.53 bits per heavy atom. The van der Waals surface area contributed by atoms with Gasteiger partial charge in [-0.3, -0.25) is 4.79 Å². The maximum Gasteiger partial charge on any atom is 0.185 e. The number of hydrogen-bond donors (Lipinski definition) is 1. The highest BCUT2D eigenvalue weighted by atomic mass is 79.9. The Hall–Kier alpha value is -1.14. The van der Waals surface area contributed by atoms with Crippen LogP contribution < -0.4 is 0 Å². The minimum absolute atomic E-state index is 0.395. The maximum atomic E-state index is 12.5. The smallest absolute Gasteiger partial charge is 0.185 e. The van der Waals surface area contributed by atoms with E-state index in [0.29, 0.717) is 5.56 Å². The lowest BCUT2D eigenvalue weighted by Crippen LogP contribution is -2.39. The predicted octanol–water partition coefficient (Wildman–Crippen LogP) is 2.94. The molecule has 4 nitrogen and oxygen atoms in total. The van der Waals surface area contributed by atoms with Crippen molar-refractivity contribution in [2.45, 2.75) is 18.6 Å². The van der Waals surface area contributed by atoms with E-state index >= 15 is 0 Å². The zero-order valence-electron chi connectivity index (χ0n) is 10.8. The van der Waals surface area contributed by atoms with E-state index in [9.17, 15) is 13.2 Å². The van der Waals surface area contributed by atoms with E-state index < -0.39 is 20.4 Å². The third kappa shape index (κ3) is 2.34. The van der Waals surface area contributed by atoms with Crippen molar-refractivity contribution in [1.82, 2.24) is 4.98 Å². The number of fused-ring (bicyclic) bond motifs is 1. The molecular weight excluding hydrogens is 330 g/mol. The van der Waals surface area contributed by atoms with Crippen LogP contribution in [0.4, 0.5) is 0 Å². The molecule has 2 rings (SSSR count). The summed E-state index contributed by atoms with van der Waals surface area (Å²) < 4.78 is 22.9. The van der Waals surface area contributed by atoms with Gasteiger partial charge in [0.2, 0.25) is 0 Å². The van der Waals surface area contributed by atoms with Crippen LogP contribution in [0.1, 0.15) is 24.2 Å². The van der Waals surface area contributed by atoms with Crippen LogP contribution in [0.2, 0.25) is 0 Å². The molecule has 1 aromatic heterocycles. The van der Waals surface area contributed by atoms with Crippen LogP contribution in [0, 0.1) is 0 Å². The molecule has 0 spiro atoms. The zero-order valence-corrected chi connectivity index (χ0v) is 13.2. The van der Waals surface area contributed by atoms with Gasteiger partial charge in [-0.1, -0.05) is 15.9 Å². The van der Waals surface area contributed by atoms with E-state index in [4.69, 9.17) is 0 Å². The number of carbonyl (C=O) groups is 1. The summed E-state index contributed by atoms with van der Waals surface area (Å²) >= 11 is 3.35. The van der Waals surface area contributed by atoms with Gasteiger partial charge in [0, 0.05) is 33.4 Å². The lowest BCUT2D eigenvalue weighted by molar-refractivity contribution is 0.0956. The molecule has 0 atom stereocenters. The number of hydrogen-bond acceptors (Lipinski definition) is 3. The third-order valence-electron chi connectivity index (χ3n) is 3.36. The zero-order chi connectivity index (χ0) is 14.4. The van der Waals surface area contributed by atoms with Gasteiger partial charge in [-0.2, -0.15) is 0 Å². The molecular formula is C13H14BrNO3S. The summed E-state index contributed by atoms with van der Waals surface area (Å²) in [7, 11) is -3.48. The summed E-state index contributed by atoms with van der Waals surface area (Å²) in [5, 5.41) is 0.719. The highest BCUT2D eigenvalue weighted by Gasteiger charge is 2.39. The second-order valence-corrected chi connectivity index (χ2v) is 8.48. The van der Waals surface area contributed by atoms with Crippen molar-refractivity contribution in [2.75, 3.05) is 6.26 Å². The lowest BCUT2D eigenvalue weighted by Gasteiger charge is -2.20. The average Bonchev–Trinajstić information content (AvgIpc) is 2.69. The van der Waals surface area contributed by atoms with E-state index in [1.54, 1.807) is 12.3 Å². The Balaban J connectivity index is 2.63. The first kappa shape index (κ1) is 14.3. The van der Waals surface area contributed by atoms with Crippen LogP contribution in [0.5, 0.6) is 0 Å². The fourth-order valence-electron chi connectivity index (χ4n) is 1.77. The number of ketones is 1. The predicted molar refractivity (Wildman–Crippen MR) is 79.3 cm³/mol. The summed E-state index contributed by atoms with van der Waals surface area (Å²) in [5.41, 5.74) is 1.20. The van der Waals surface area contributed by atoms with Crippen molar-refractivity contribution >= 4 is 42.5 Å². The molecule has 19 heavy (non-hydrogen) atoms. The summed E-state index contributed by atoms with van der Waals surface area (Å²) in [4.78, 5) is 15.5. The number of benzene rings is 1. The number of halogens is 1. The van der Waals surface area contributed by atoms with Gasteiger partial charge in [-0.05, 0) is 32.0 Å². The second-order valence-electron chi connectivity index (χ2n) is 5.00. The number of aromatic amines is 1. The monoisotopic (exact) mass is 343 g/mol. The molecule has 0 bridgehead atoms. The summed E-state index contributed by atoms with van der Waals surface area (Å²) in [6.07, 6.45) is 2.64. The average molecular weight is 344 g/mol. The Morgan fingerprint density at radius 1 is 1.32 bits per heavy atom. The first-order chi connectivity index (χ1) is 8.64. The molecule has 2 aromatic rings. The number of carbonyl (C=O) groups excluding carboxylic acids is 1. The fraction of sp³-hybridized carbons (Fsp3) is 0.308. The number of aromatic nitrogens is 1. The summed E-state index contributed by atoms with van der Waals surface area (Å²) in [5.74, 6) is -0.403. The molecule has 1 N–H and O–H groups in total. The van der Waals surface area contributed by atoms with E-state index in [-0.39, 0.29) is 0 Å². The van der Waals surface area contributed by atoms with E-state index in [1.165, 1.54) is 13.8 Å². The molecule has 102 valence electrons. The number of Topliss-reactive ketones (excluding diaryl/α,β-unsaturated/α-hetero) is 1. The largest absolute Gasteiger partial charge is 0.360 e. The molecule has 0 saturated carbocycles. The van der Waals surface area contributed by atoms with Crippen LogP contribution in [0.25, 0.3) is 10.9 Å². The number of rotatable bonds is 3. The van der Waals surface area contributed by atoms with Crippen molar-refractivity contribution in [3.63, 3.8) is 0 Å². The highest BCUT2D eigenvalue weighted by Crippen LogP contribution is 2.28. The first-order valence-corrected chi connectivity index (χ1v) is 8.34. The molecule has 0 aliphatic rings. The van der Waals surface area contributed by atoms with Crippen LogP contribution in [0.15, 0.2) is 28.9 Å². The van der Waals surface area contributed by atoms with Crippen molar-refractivity contribution in [1.29, 1.82) is 0 Å². The summed E-state index contributed by atoms with van der Waals surface area (Å²) in [6.45, 7) is 2.86. The van der Waals surface area contributed by atoms with Gasteiger partial charge in [0.1, 0.15) is 4.75 Å².